The molecule has 7 heteroatoms. The van der Waals surface area contributed by atoms with E-state index in [-0.39, 0.29) is 23.2 Å². The molecule has 0 aromatic heterocycles. The maximum atomic E-state index is 10.6. The maximum Gasteiger partial charge on any atom is 0.330 e. The molecule has 0 rings (SSSR count). The van der Waals surface area contributed by atoms with Crippen LogP contribution in [0.3, 0.4) is 0 Å². The highest BCUT2D eigenvalue weighted by molar-refractivity contribution is 5.87. The molecule has 0 aliphatic rings. The third-order valence-electron chi connectivity index (χ3n) is 1.22. The molecule has 7 nitrogen and oxygen atoms in total. The number of carbonyl (C=O) groups is 3. The van der Waals surface area contributed by atoms with Crippen LogP contribution >= 0.6 is 0 Å². The molecule has 0 aromatic carbocycles. The number of nitrogens with one attached hydrogen (secondary N) is 1. The first-order valence-corrected chi connectivity index (χ1v) is 5.54. The highest BCUT2D eigenvalue weighted by Gasteiger charge is 2.10. The number of carboxylic acids is 2. The van der Waals surface area contributed by atoms with E-state index in [1.54, 1.807) is 0 Å². The molecule has 122 valence electrons. The number of carbonyl (C=O) groups excluding carboxylic acids is 2. The van der Waals surface area contributed by atoms with E-state index in [0.717, 1.165) is 6.08 Å². The first-order chi connectivity index (χ1) is 8.87. The van der Waals surface area contributed by atoms with Gasteiger partial charge >= 0.3 is 5.97 Å². The summed E-state index contributed by atoms with van der Waals surface area (Å²) in [5.41, 5.74) is 0.0284. The van der Waals surface area contributed by atoms with Gasteiger partial charge in [-0.15, -0.1) is 0 Å². The van der Waals surface area contributed by atoms with Crippen LogP contribution in [0, 0.1) is 0 Å². The van der Waals surface area contributed by atoms with Crippen molar-refractivity contribution < 1.29 is 24.6 Å². The van der Waals surface area contributed by atoms with Crippen LogP contribution in [-0.4, -0.2) is 28.5 Å². The highest BCUT2D eigenvalue weighted by Crippen LogP contribution is 1.97. The second-order valence-electron chi connectivity index (χ2n) is 4.55. The fraction of sp³-hybridized carbons (Fsp3) is 0.357. The van der Waals surface area contributed by atoms with Crippen molar-refractivity contribution in [3.8, 4) is 0 Å². The van der Waals surface area contributed by atoms with Gasteiger partial charge in [0.15, 0.2) is 0 Å². The molecule has 0 saturated carbocycles. The molecule has 0 aromatic rings. The lowest BCUT2D eigenvalue weighted by Gasteiger charge is -2.18. The zero-order valence-electron chi connectivity index (χ0n) is 13.4. The van der Waals surface area contributed by atoms with E-state index in [1.807, 2.05) is 20.8 Å². The molecular formula is C14H26N2O5. The maximum absolute atomic E-state index is 10.6. The summed E-state index contributed by atoms with van der Waals surface area (Å²) < 4.78 is 0. The molecule has 0 saturated heterocycles. The molecule has 0 heterocycles. The number of hydrogen-bond donors (Lipinski definition) is 3. The van der Waals surface area contributed by atoms with Gasteiger partial charge in [-0.3, -0.25) is 4.79 Å². The Morgan fingerprint density at radius 1 is 1.14 bits per heavy atom. The minimum absolute atomic E-state index is 0. The number of hydrogen-bond acceptors (Lipinski definition) is 4. The number of rotatable bonds is 3. The lowest BCUT2D eigenvalue weighted by Crippen LogP contribution is -2.39. The lowest BCUT2D eigenvalue weighted by atomic mass is 10.1. The van der Waals surface area contributed by atoms with E-state index in [2.05, 4.69) is 25.1 Å². The quantitative estimate of drug-likeness (QED) is 0.667. The van der Waals surface area contributed by atoms with Crippen molar-refractivity contribution in [2.75, 3.05) is 0 Å². The van der Waals surface area contributed by atoms with E-state index in [1.165, 1.54) is 13.0 Å². The normalized spacial score (nSPS) is 8.19. The number of aliphatic carboxylic acids is 2. The number of amides is 1. The fourth-order valence-electron chi connectivity index (χ4n) is 0.421. The van der Waals surface area contributed by atoms with Crippen LogP contribution in [0.5, 0.6) is 0 Å². The van der Waals surface area contributed by atoms with Crippen molar-refractivity contribution in [2.45, 2.75) is 33.2 Å². The van der Waals surface area contributed by atoms with Crippen molar-refractivity contribution in [2.24, 2.45) is 0 Å². The molecular weight excluding hydrogens is 276 g/mol. The zero-order valence-corrected chi connectivity index (χ0v) is 13.4. The van der Waals surface area contributed by atoms with Crippen LogP contribution in [-0.2, 0) is 14.4 Å². The third-order valence-corrected chi connectivity index (χ3v) is 1.22. The van der Waals surface area contributed by atoms with Crippen LogP contribution in [0.15, 0.2) is 37.5 Å². The second kappa shape index (κ2) is 14.0. The van der Waals surface area contributed by atoms with Crippen LogP contribution in [0.2, 0.25) is 0 Å². The van der Waals surface area contributed by atoms with Crippen molar-refractivity contribution in [3.63, 3.8) is 0 Å². The summed E-state index contributed by atoms with van der Waals surface area (Å²) in [6, 6.07) is 0. The first-order valence-electron chi connectivity index (χ1n) is 5.54. The van der Waals surface area contributed by atoms with Gasteiger partial charge in [0, 0.05) is 11.1 Å². The summed E-state index contributed by atoms with van der Waals surface area (Å²) >= 11 is 0. The Kier molecular flexibility index (Phi) is 18.0. The Morgan fingerprint density at radius 2 is 1.43 bits per heavy atom. The second-order valence-corrected chi connectivity index (χ2v) is 4.55. The van der Waals surface area contributed by atoms with E-state index in [0.29, 0.717) is 0 Å². The summed E-state index contributed by atoms with van der Waals surface area (Å²) in [4.78, 5) is 29.3. The minimum atomic E-state index is -1.23. The van der Waals surface area contributed by atoms with Crippen molar-refractivity contribution in [1.82, 2.24) is 11.5 Å². The smallest absolute Gasteiger partial charge is 0.330 e. The van der Waals surface area contributed by atoms with Crippen molar-refractivity contribution in [1.29, 1.82) is 0 Å². The van der Waals surface area contributed by atoms with Gasteiger partial charge in [0.25, 0.3) is 0 Å². The van der Waals surface area contributed by atoms with E-state index in [4.69, 9.17) is 15.0 Å². The molecule has 21 heavy (non-hydrogen) atoms. The van der Waals surface area contributed by atoms with Gasteiger partial charge in [-0.25, -0.2) is 4.79 Å². The van der Waals surface area contributed by atoms with Crippen LogP contribution in [0.4, 0.5) is 0 Å². The standard InChI is InChI=1S/C7H13NO.C4H6O2.C3H4O2.H3N/c1-5-6(9)8-7(2,3)4;1-3(2)4(5)6;1-2-3(4)5;/h5H,1H2,2-4H3,(H,8,9);1H2,2H3,(H,5,6);2H,1H2,(H,4,5);1H3. The van der Waals surface area contributed by atoms with Gasteiger partial charge in [-0.1, -0.05) is 19.7 Å². The van der Waals surface area contributed by atoms with Gasteiger partial charge in [0.05, 0.1) is 5.97 Å². The third kappa shape index (κ3) is 38.1. The Hall–Kier alpha value is -2.41. The van der Waals surface area contributed by atoms with E-state index < -0.39 is 11.9 Å². The monoisotopic (exact) mass is 302 g/mol. The average Bonchev–Trinajstić information content (AvgIpc) is 2.28. The molecule has 0 radical (unpaired) electrons. The average molecular weight is 302 g/mol. The summed E-state index contributed by atoms with van der Waals surface area (Å²) in [5, 5.41) is 19.7. The van der Waals surface area contributed by atoms with E-state index >= 15 is 0 Å². The van der Waals surface area contributed by atoms with Gasteiger partial charge < -0.3 is 26.5 Å². The molecule has 0 aliphatic carbocycles. The summed E-state index contributed by atoms with van der Waals surface area (Å²) in [7, 11) is 0. The summed E-state index contributed by atoms with van der Waals surface area (Å²) in [5.74, 6) is -2.29. The van der Waals surface area contributed by atoms with Gasteiger partial charge in [-0.05, 0) is 39.8 Å². The van der Waals surface area contributed by atoms with Crippen LogP contribution in [0.1, 0.15) is 27.7 Å². The van der Waals surface area contributed by atoms with Gasteiger partial charge in [0.1, 0.15) is 0 Å². The molecule has 0 bridgehead atoms. The van der Waals surface area contributed by atoms with Crippen molar-refractivity contribution in [3.05, 3.63) is 37.5 Å². The van der Waals surface area contributed by atoms with E-state index in [9.17, 15) is 9.59 Å². The predicted octanol–water partition coefficient (Wildman–Crippen LogP) is 1.03. The zero-order chi connectivity index (χ0) is 16.9. The number of quaternary nitrogens is 1. The SMILES string of the molecule is C=C(C)C(=O)O.C=CC(=O)NC(C)(C)C.C=CC(=O)[O-].[NH4+]. The Bertz CT molecular complexity index is 369. The minimum Gasteiger partial charge on any atom is -0.545 e. The molecule has 0 fully saturated rings. The molecule has 0 atom stereocenters. The van der Waals surface area contributed by atoms with Gasteiger partial charge in [0.2, 0.25) is 5.91 Å². The lowest BCUT2D eigenvalue weighted by molar-refractivity contribution is -0.297. The number of carboxylic acid groups (broad SMARTS) is 2. The molecule has 0 spiro atoms. The van der Waals surface area contributed by atoms with Crippen LogP contribution in [0.25, 0.3) is 0 Å². The Labute approximate surface area is 125 Å². The summed E-state index contributed by atoms with van der Waals surface area (Å²) in [6.07, 6.45) is 1.99. The molecule has 1 amide bonds. The fourth-order valence-corrected chi connectivity index (χ4v) is 0.421. The topological polar surface area (TPSA) is 143 Å². The first kappa shape index (κ1) is 27.0. The van der Waals surface area contributed by atoms with Crippen molar-refractivity contribution >= 4 is 17.8 Å². The molecule has 0 unspecified atom stereocenters. The molecule has 6 N–H and O–H groups in total. The highest BCUT2D eigenvalue weighted by atomic mass is 16.4. The largest absolute Gasteiger partial charge is 0.545 e. The predicted molar refractivity (Wildman–Crippen MR) is 81.7 cm³/mol. The van der Waals surface area contributed by atoms with Gasteiger partial charge in [-0.2, -0.15) is 0 Å². The Balaban J connectivity index is -0.000000106. The van der Waals surface area contributed by atoms with Crippen LogP contribution < -0.4 is 16.6 Å². The molecule has 0 aliphatic heterocycles. The Morgan fingerprint density at radius 3 is 1.48 bits per heavy atom. The summed E-state index contributed by atoms with van der Waals surface area (Å²) in [6.45, 7) is 16.6.